The highest BCUT2D eigenvalue weighted by atomic mass is 15.0. The van der Waals surface area contributed by atoms with Crippen LogP contribution in [0.4, 0.5) is 0 Å². The molecule has 2 nitrogen and oxygen atoms in total. The average Bonchev–Trinajstić information content (AvgIpc) is 2.71. The van der Waals surface area contributed by atoms with E-state index in [1.165, 1.54) is 109 Å². The third kappa shape index (κ3) is 9.61. The van der Waals surface area contributed by atoms with Crippen LogP contribution in [0, 0.1) is 5.41 Å². The van der Waals surface area contributed by atoms with Crippen molar-refractivity contribution in [3.8, 4) is 0 Å². The van der Waals surface area contributed by atoms with Gasteiger partial charge in [-0.1, -0.05) is 105 Å². The number of unbranched alkanes of at least 4 members (excludes halogenated alkanes) is 8. The lowest BCUT2D eigenvalue weighted by Crippen LogP contribution is -2.58. The second-order valence-electron chi connectivity index (χ2n) is 9.29. The fourth-order valence-corrected chi connectivity index (χ4v) is 5.41. The first-order chi connectivity index (χ1) is 13.6. The third-order valence-electron chi connectivity index (χ3n) is 7.28. The molecule has 0 saturated heterocycles. The van der Waals surface area contributed by atoms with Crippen LogP contribution in [0.5, 0.6) is 0 Å². The van der Waals surface area contributed by atoms with Crippen molar-refractivity contribution in [3.63, 3.8) is 0 Å². The van der Waals surface area contributed by atoms with Crippen molar-refractivity contribution < 1.29 is 0 Å². The van der Waals surface area contributed by atoms with Gasteiger partial charge in [0, 0.05) is 5.54 Å². The Morgan fingerprint density at radius 3 is 1.21 bits per heavy atom. The van der Waals surface area contributed by atoms with Crippen molar-refractivity contribution in [1.82, 2.24) is 10.6 Å². The average molecular weight is 397 g/mol. The second kappa shape index (κ2) is 17.8. The minimum Gasteiger partial charge on any atom is -0.320 e. The van der Waals surface area contributed by atoms with Crippen molar-refractivity contribution in [2.24, 2.45) is 5.41 Å². The Hall–Kier alpha value is -0.0800. The summed E-state index contributed by atoms with van der Waals surface area (Å²) in [5.74, 6) is 0. The Kier molecular flexibility index (Phi) is 17.7. The summed E-state index contributed by atoms with van der Waals surface area (Å²) < 4.78 is 0. The fourth-order valence-electron chi connectivity index (χ4n) is 5.41. The van der Waals surface area contributed by atoms with Gasteiger partial charge in [0.05, 0.1) is 0 Å². The molecule has 0 aliphatic heterocycles. The molecule has 0 aliphatic rings. The zero-order valence-electron chi connectivity index (χ0n) is 20.7. The second-order valence-corrected chi connectivity index (χ2v) is 9.29. The molecule has 0 unspecified atom stereocenters. The molecule has 0 spiro atoms. The maximum atomic E-state index is 4.01. The monoisotopic (exact) mass is 396 g/mol. The van der Waals surface area contributed by atoms with E-state index in [4.69, 9.17) is 0 Å². The normalized spacial score (nSPS) is 12.6. The van der Waals surface area contributed by atoms with Crippen molar-refractivity contribution in [1.29, 1.82) is 0 Å². The lowest BCUT2D eigenvalue weighted by atomic mass is 9.58. The molecule has 0 amide bonds. The lowest BCUT2D eigenvalue weighted by Gasteiger charge is -2.53. The molecule has 2 heteroatoms. The summed E-state index contributed by atoms with van der Waals surface area (Å²) in [5.41, 5.74) is 0.756. The molecule has 0 saturated carbocycles. The largest absolute Gasteiger partial charge is 0.320 e. The Labute approximate surface area is 179 Å². The highest BCUT2D eigenvalue weighted by molar-refractivity contribution is 5.04. The van der Waals surface area contributed by atoms with E-state index in [0.29, 0.717) is 11.0 Å². The Bertz CT molecular complexity index is 306. The van der Waals surface area contributed by atoms with E-state index in [0.717, 1.165) is 6.54 Å². The van der Waals surface area contributed by atoms with Gasteiger partial charge in [-0.05, 0) is 58.2 Å². The summed E-state index contributed by atoms with van der Waals surface area (Å²) >= 11 is 0. The van der Waals surface area contributed by atoms with E-state index in [9.17, 15) is 0 Å². The molecule has 0 aromatic carbocycles. The summed E-state index contributed by atoms with van der Waals surface area (Å²) in [4.78, 5) is 0. The minimum absolute atomic E-state index is 0.315. The first-order valence-corrected chi connectivity index (χ1v) is 12.9. The van der Waals surface area contributed by atoms with Gasteiger partial charge in [0.25, 0.3) is 0 Å². The van der Waals surface area contributed by atoms with Gasteiger partial charge in [-0.15, -0.1) is 0 Å². The molecule has 0 heterocycles. The summed E-state index contributed by atoms with van der Waals surface area (Å²) in [6, 6.07) is 0. The molecule has 2 N–H and O–H groups in total. The van der Waals surface area contributed by atoms with Gasteiger partial charge in [-0.2, -0.15) is 0 Å². The molecule has 0 bridgehead atoms. The van der Waals surface area contributed by atoms with Gasteiger partial charge in [-0.3, -0.25) is 0 Å². The number of hydrogen-bond donors (Lipinski definition) is 2. The quantitative estimate of drug-likeness (QED) is 0.193. The predicted octanol–water partition coefficient (Wildman–Crippen LogP) is 7.86. The van der Waals surface area contributed by atoms with Crippen LogP contribution in [0.2, 0.25) is 0 Å². The van der Waals surface area contributed by atoms with Gasteiger partial charge in [0.2, 0.25) is 0 Å². The van der Waals surface area contributed by atoms with Crippen molar-refractivity contribution in [2.45, 2.75) is 142 Å². The lowest BCUT2D eigenvalue weighted by molar-refractivity contribution is 0.0302. The van der Waals surface area contributed by atoms with E-state index in [1.54, 1.807) is 0 Å². The molecule has 0 atom stereocenters. The zero-order valence-corrected chi connectivity index (χ0v) is 20.7. The molecule has 0 aliphatic carbocycles. The fraction of sp³-hybridized carbons (Fsp3) is 1.00. The topological polar surface area (TPSA) is 24.1 Å². The van der Waals surface area contributed by atoms with Crippen LogP contribution < -0.4 is 10.6 Å². The van der Waals surface area contributed by atoms with Gasteiger partial charge in [0.15, 0.2) is 0 Å². The molecular formula is C26H56N2. The maximum absolute atomic E-state index is 4.01. The Morgan fingerprint density at radius 1 is 0.500 bits per heavy atom. The molecule has 170 valence electrons. The van der Waals surface area contributed by atoms with Crippen molar-refractivity contribution in [2.75, 3.05) is 20.6 Å². The number of nitrogens with one attached hydrogen (secondary N) is 2. The highest BCUT2D eigenvalue weighted by Gasteiger charge is 2.47. The van der Waals surface area contributed by atoms with Crippen LogP contribution in [0.15, 0.2) is 0 Å². The van der Waals surface area contributed by atoms with Gasteiger partial charge in [-0.25, -0.2) is 0 Å². The zero-order chi connectivity index (χ0) is 21.1. The van der Waals surface area contributed by atoms with Gasteiger partial charge >= 0.3 is 0 Å². The maximum Gasteiger partial charge on any atom is 0.0235 e. The molecular weight excluding hydrogens is 340 g/mol. The summed E-state index contributed by atoms with van der Waals surface area (Å²) in [6.45, 7) is 10.5. The van der Waals surface area contributed by atoms with E-state index >= 15 is 0 Å². The molecule has 0 rings (SSSR count). The predicted molar refractivity (Wildman–Crippen MR) is 129 cm³/mol. The van der Waals surface area contributed by atoms with Crippen LogP contribution in [-0.4, -0.2) is 26.2 Å². The smallest absolute Gasteiger partial charge is 0.0235 e. The standard InChI is InChI=1S/C26H56N2/c1-7-11-15-19-25(23-24-27-5,20-16-12-8-2)26(28-6,21-17-13-9-3)22-18-14-10-4/h27-28H,7-24H2,1-6H3. The molecule has 0 fully saturated rings. The first kappa shape index (κ1) is 27.9. The Morgan fingerprint density at radius 2 is 0.893 bits per heavy atom. The molecule has 0 radical (unpaired) electrons. The third-order valence-corrected chi connectivity index (χ3v) is 7.28. The molecule has 28 heavy (non-hydrogen) atoms. The van der Waals surface area contributed by atoms with E-state index in [2.05, 4.69) is 52.4 Å². The van der Waals surface area contributed by atoms with Crippen molar-refractivity contribution in [3.05, 3.63) is 0 Å². The highest BCUT2D eigenvalue weighted by Crippen LogP contribution is 2.49. The van der Waals surface area contributed by atoms with Crippen LogP contribution in [0.1, 0.15) is 137 Å². The molecule has 0 aromatic heterocycles. The first-order valence-electron chi connectivity index (χ1n) is 12.9. The van der Waals surface area contributed by atoms with Crippen LogP contribution in [0.25, 0.3) is 0 Å². The Balaban J connectivity index is 5.81. The van der Waals surface area contributed by atoms with Crippen LogP contribution >= 0.6 is 0 Å². The van der Waals surface area contributed by atoms with Crippen LogP contribution in [-0.2, 0) is 0 Å². The molecule has 0 aromatic rings. The van der Waals surface area contributed by atoms with Gasteiger partial charge in [0.1, 0.15) is 0 Å². The van der Waals surface area contributed by atoms with Gasteiger partial charge < -0.3 is 10.6 Å². The van der Waals surface area contributed by atoms with E-state index in [-0.39, 0.29) is 0 Å². The summed E-state index contributed by atoms with van der Waals surface area (Å²) in [6.07, 6.45) is 23.3. The van der Waals surface area contributed by atoms with E-state index in [1.807, 2.05) is 0 Å². The number of hydrogen-bond acceptors (Lipinski definition) is 2. The summed E-state index contributed by atoms with van der Waals surface area (Å²) in [5, 5.41) is 7.52. The SMILES string of the molecule is CCCCCC(CCCCC)(CCNC)C(CCCCC)(CCCCC)NC. The van der Waals surface area contributed by atoms with E-state index < -0.39 is 0 Å². The minimum atomic E-state index is 0.315. The number of rotatable bonds is 21. The van der Waals surface area contributed by atoms with Crippen molar-refractivity contribution >= 4 is 0 Å². The summed E-state index contributed by atoms with van der Waals surface area (Å²) in [7, 11) is 4.42. The van der Waals surface area contributed by atoms with Crippen LogP contribution in [0.3, 0.4) is 0 Å².